The molecule has 1 saturated heterocycles. The number of rotatable bonds is 2. The highest BCUT2D eigenvalue weighted by Gasteiger charge is 2.31. The van der Waals surface area contributed by atoms with Gasteiger partial charge in [0.2, 0.25) is 0 Å². The van der Waals surface area contributed by atoms with E-state index >= 15 is 0 Å². The Kier molecular flexibility index (Phi) is 5.68. The van der Waals surface area contributed by atoms with Gasteiger partial charge in [0.1, 0.15) is 0 Å². The van der Waals surface area contributed by atoms with E-state index in [0.717, 1.165) is 35.5 Å². The lowest BCUT2D eigenvalue weighted by atomic mass is 9.84. The molecule has 0 aromatic heterocycles. The van der Waals surface area contributed by atoms with E-state index in [-0.39, 0.29) is 24.4 Å². The second-order valence-corrected chi connectivity index (χ2v) is 7.49. The Morgan fingerprint density at radius 1 is 1.15 bits per heavy atom. The first-order valence-electron chi connectivity index (χ1n) is 8.35. The van der Waals surface area contributed by atoms with Crippen molar-refractivity contribution in [3.8, 4) is 0 Å². The number of fused-ring (bicyclic) bond motifs is 1. The van der Waals surface area contributed by atoms with Crippen LogP contribution in [-0.2, 0) is 6.54 Å². The van der Waals surface area contributed by atoms with Crippen molar-refractivity contribution in [3.05, 3.63) is 63.1 Å². The van der Waals surface area contributed by atoms with Gasteiger partial charge in [-0.15, -0.1) is 12.4 Å². The highest BCUT2D eigenvalue weighted by molar-refractivity contribution is 6.35. The van der Waals surface area contributed by atoms with Crippen LogP contribution in [0.4, 0.5) is 10.5 Å². The summed E-state index contributed by atoms with van der Waals surface area (Å²) in [5, 5.41) is 4.23. The quantitative estimate of drug-likeness (QED) is 0.787. The third-order valence-corrected chi connectivity index (χ3v) is 5.51. The number of nitrogens with zero attached hydrogens (tertiary/aromatic N) is 2. The molecule has 0 aliphatic carbocycles. The Balaban J connectivity index is 0.00000196. The number of carbonyl (C=O) groups is 1. The Bertz CT molecular complexity index is 843. The van der Waals surface area contributed by atoms with Gasteiger partial charge in [-0.3, -0.25) is 4.90 Å². The number of nitrogens with one attached hydrogen (secondary N) is 1. The number of para-hydroxylation sites is 1. The summed E-state index contributed by atoms with van der Waals surface area (Å²) < 4.78 is 0. The van der Waals surface area contributed by atoms with E-state index in [1.165, 1.54) is 0 Å². The van der Waals surface area contributed by atoms with E-state index in [2.05, 4.69) is 23.3 Å². The smallest absolute Gasteiger partial charge is 0.322 e. The zero-order chi connectivity index (χ0) is 17.6. The Labute approximate surface area is 169 Å². The predicted octanol–water partition coefficient (Wildman–Crippen LogP) is 4.52. The Morgan fingerprint density at radius 2 is 1.92 bits per heavy atom. The fraction of sp³-hybridized carbons (Fsp3) is 0.316. The number of anilines is 1. The molecule has 4 nitrogen and oxygen atoms in total. The van der Waals surface area contributed by atoms with E-state index < -0.39 is 0 Å². The van der Waals surface area contributed by atoms with E-state index in [4.69, 9.17) is 23.2 Å². The number of hydrogen-bond acceptors (Lipinski definition) is 2. The van der Waals surface area contributed by atoms with Crippen LogP contribution in [0.3, 0.4) is 0 Å². The monoisotopic (exact) mass is 411 g/mol. The molecule has 7 heteroatoms. The summed E-state index contributed by atoms with van der Waals surface area (Å²) in [6.07, 6.45) is 0. The summed E-state index contributed by atoms with van der Waals surface area (Å²) in [5.41, 5.74) is 4.36. The molecule has 0 spiro atoms. The molecule has 2 aliphatic heterocycles. The van der Waals surface area contributed by atoms with Gasteiger partial charge in [0.25, 0.3) is 0 Å². The van der Waals surface area contributed by atoms with Crippen LogP contribution in [0.2, 0.25) is 10.0 Å². The van der Waals surface area contributed by atoms with Crippen LogP contribution in [-0.4, -0.2) is 37.6 Å². The van der Waals surface area contributed by atoms with Crippen LogP contribution in [0.5, 0.6) is 0 Å². The summed E-state index contributed by atoms with van der Waals surface area (Å²) >= 11 is 12.8. The van der Waals surface area contributed by atoms with Crippen LogP contribution in [0.1, 0.15) is 22.6 Å². The number of carbonyl (C=O) groups excluding carboxylic acids is 1. The highest BCUT2D eigenvalue weighted by atomic mass is 35.5. The molecular formula is C19H20Cl3N3O. The van der Waals surface area contributed by atoms with E-state index in [0.29, 0.717) is 23.1 Å². The first kappa shape index (κ1) is 19.3. The lowest BCUT2D eigenvalue weighted by Crippen LogP contribution is -2.33. The van der Waals surface area contributed by atoms with Crippen molar-refractivity contribution in [1.82, 2.24) is 10.2 Å². The second-order valence-electron chi connectivity index (χ2n) is 6.65. The molecule has 0 saturated carbocycles. The number of hydrogen-bond donors (Lipinski definition) is 1. The lowest BCUT2D eigenvalue weighted by molar-refractivity contribution is 0.252. The Hall–Kier alpha value is -1.46. The second kappa shape index (κ2) is 7.65. The number of likely N-dealkylation sites (N-methyl/N-ethyl adjacent to an activating group) is 1. The Morgan fingerprint density at radius 3 is 2.65 bits per heavy atom. The fourth-order valence-electron chi connectivity index (χ4n) is 3.84. The van der Waals surface area contributed by atoms with Crippen LogP contribution < -0.4 is 10.2 Å². The molecule has 2 aromatic carbocycles. The SMILES string of the molecule is CN1Cc2c(Cl)cc(Cl)cc2C(c2ccccc2N2CCNC2=O)C1.Cl. The molecule has 0 bridgehead atoms. The molecule has 2 amide bonds. The molecule has 2 aromatic rings. The summed E-state index contributed by atoms with van der Waals surface area (Å²) in [5.74, 6) is 0.120. The average Bonchev–Trinajstić information content (AvgIpc) is 3.01. The van der Waals surface area contributed by atoms with E-state index in [1.807, 2.05) is 29.2 Å². The summed E-state index contributed by atoms with van der Waals surface area (Å²) in [6, 6.07) is 11.9. The molecule has 1 N–H and O–H groups in total. The summed E-state index contributed by atoms with van der Waals surface area (Å²) in [7, 11) is 2.09. The minimum atomic E-state index is -0.0408. The number of benzene rings is 2. The van der Waals surface area contributed by atoms with Gasteiger partial charge in [0.05, 0.1) is 0 Å². The van der Waals surface area contributed by atoms with E-state index in [1.54, 1.807) is 6.07 Å². The number of amides is 2. The first-order chi connectivity index (χ1) is 12.0. The summed E-state index contributed by atoms with van der Waals surface area (Å²) in [4.78, 5) is 16.3. The van der Waals surface area contributed by atoms with Gasteiger partial charge >= 0.3 is 6.03 Å². The molecule has 1 atom stereocenters. The van der Waals surface area contributed by atoms with Gasteiger partial charge in [-0.1, -0.05) is 41.4 Å². The predicted molar refractivity (Wildman–Crippen MR) is 109 cm³/mol. The highest BCUT2D eigenvalue weighted by Crippen LogP contribution is 2.41. The normalized spacial score (nSPS) is 19.7. The molecular weight excluding hydrogens is 393 g/mol. The van der Waals surface area contributed by atoms with Crippen molar-refractivity contribution >= 4 is 47.3 Å². The fourth-order valence-corrected chi connectivity index (χ4v) is 4.41. The lowest BCUT2D eigenvalue weighted by Gasteiger charge is -2.35. The molecule has 1 unspecified atom stereocenters. The maximum absolute atomic E-state index is 12.2. The van der Waals surface area contributed by atoms with Gasteiger partial charge in [0.15, 0.2) is 0 Å². The standard InChI is InChI=1S/C19H19Cl2N3O.ClH/c1-23-10-15(14-8-12(20)9-17(21)16(14)11-23)13-4-2-3-5-18(13)24-7-6-22-19(24)25;/h2-5,8-9,15H,6-7,10-11H2,1H3,(H,22,25);1H. The molecule has 1 fully saturated rings. The molecule has 26 heavy (non-hydrogen) atoms. The minimum Gasteiger partial charge on any atom is -0.336 e. The van der Waals surface area contributed by atoms with Crippen molar-refractivity contribution < 1.29 is 4.79 Å². The average molecular weight is 413 g/mol. The maximum atomic E-state index is 12.2. The van der Waals surface area contributed by atoms with Crippen molar-refractivity contribution in [2.45, 2.75) is 12.5 Å². The third-order valence-electron chi connectivity index (χ3n) is 4.95. The van der Waals surface area contributed by atoms with Crippen molar-refractivity contribution in [3.63, 3.8) is 0 Å². The molecule has 2 heterocycles. The van der Waals surface area contributed by atoms with Crippen molar-refractivity contribution in [2.75, 3.05) is 31.6 Å². The van der Waals surface area contributed by atoms with Gasteiger partial charge < -0.3 is 10.2 Å². The summed E-state index contributed by atoms with van der Waals surface area (Å²) in [6.45, 7) is 3.01. The van der Waals surface area contributed by atoms with Crippen molar-refractivity contribution in [1.29, 1.82) is 0 Å². The van der Waals surface area contributed by atoms with Crippen molar-refractivity contribution in [2.24, 2.45) is 0 Å². The number of halogens is 3. The van der Waals surface area contributed by atoms with Gasteiger partial charge in [-0.2, -0.15) is 0 Å². The number of urea groups is 1. The van der Waals surface area contributed by atoms with Crippen LogP contribution >= 0.6 is 35.6 Å². The van der Waals surface area contributed by atoms with Crippen LogP contribution in [0.15, 0.2) is 36.4 Å². The molecule has 138 valence electrons. The zero-order valence-electron chi connectivity index (χ0n) is 14.3. The first-order valence-corrected chi connectivity index (χ1v) is 9.11. The van der Waals surface area contributed by atoms with E-state index in [9.17, 15) is 4.79 Å². The van der Waals surface area contributed by atoms with Gasteiger partial charge in [-0.05, 0) is 41.9 Å². The van der Waals surface area contributed by atoms with Gasteiger partial charge in [-0.25, -0.2) is 4.79 Å². The molecule has 2 aliphatic rings. The minimum absolute atomic E-state index is 0. The van der Waals surface area contributed by atoms with Crippen LogP contribution in [0.25, 0.3) is 0 Å². The van der Waals surface area contributed by atoms with Crippen LogP contribution in [0, 0.1) is 0 Å². The third kappa shape index (κ3) is 3.39. The molecule has 4 rings (SSSR count). The maximum Gasteiger partial charge on any atom is 0.322 e. The topological polar surface area (TPSA) is 35.6 Å². The molecule has 0 radical (unpaired) electrons. The van der Waals surface area contributed by atoms with Gasteiger partial charge in [0, 0.05) is 47.8 Å². The largest absolute Gasteiger partial charge is 0.336 e. The zero-order valence-corrected chi connectivity index (χ0v) is 16.7.